The molecular weight excluding hydrogens is 618 g/mol. The van der Waals surface area contributed by atoms with Gasteiger partial charge in [0, 0.05) is 23.9 Å². The summed E-state index contributed by atoms with van der Waals surface area (Å²) in [6.07, 6.45) is 44.7. The first kappa shape index (κ1) is 42.2. The van der Waals surface area contributed by atoms with Crippen LogP contribution in [0.1, 0.15) is 194 Å². The molecule has 0 fully saturated rings. The minimum atomic E-state index is 0. The van der Waals surface area contributed by atoms with Gasteiger partial charge in [-0.1, -0.05) is 196 Å². The Morgan fingerprint density at radius 2 is 0.650 bits per heavy atom. The quantitative estimate of drug-likeness (QED) is 0.0448. The summed E-state index contributed by atoms with van der Waals surface area (Å²) < 4.78 is 2.29. The van der Waals surface area contributed by atoms with Crippen molar-refractivity contribution in [1.29, 1.82) is 0 Å². The van der Waals surface area contributed by atoms with E-state index in [2.05, 4.69) is 64.9 Å². The molecular formula is C37H71Br2N. The molecule has 1 heterocycles. The van der Waals surface area contributed by atoms with Gasteiger partial charge in [0.1, 0.15) is 6.54 Å². The first-order valence-electron chi connectivity index (χ1n) is 17.8. The topological polar surface area (TPSA) is 3.88 Å². The van der Waals surface area contributed by atoms with Gasteiger partial charge in [-0.05, 0) is 12.8 Å². The van der Waals surface area contributed by atoms with Crippen molar-refractivity contribution in [2.45, 2.75) is 200 Å². The molecule has 1 rings (SSSR count). The zero-order valence-electron chi connectivity index (χ0n) is 27.3. The van der Waals surface area contributed by atoms with Crippen LogP contribution in [0.2, 0.25) is 0 Å². The molecule has 0 unspecified atom stereocenters. The van der Waals surface area contributed by atoms with Gasteiger partial charge in [-0.2, -0.15) is 0 Å². The molecule has 0 amide bonds. The molecule has 3 heteroatoms. The maximum absolute atomic E-state index is 3.48. The SMILES string of the molecule is CCCCCCCCCCCCCCCCBr.CCCCCCCCCCCCCCCC[n+]1ccccc1.[Br-]. The van der Waals surface area contributed by atoms with Gasteiger partial charge in [0.2, 0.25) is 0 Å². The smallest absolute Gasteiger partial charge is 0.168 e. The van der Waals surface area contributed by atoms with Gasteiger partial charge >= 0.3 is 0 Å². The molecule has 0 radical (unpaired) electrons. The maximum atomic E-state index is 3.48. The van der Waals surface area contributed by atoms with E-state index >= 15 is 0 Å². The molecule has 0 spiro atoms. The standard InChI is InChI=1S/C21H38N.C16H33Br.BrH/c1-2-3-4-5-6-7-8-9-10-11-12-13-14-16-19-22-20-17-15-18-21-22;1-2-3-4-5-6-7-8-9-10-11-12-13-14-15-16-17;/h15,17-18,20-21H,2-14,16,19H2,1H3;2-16H2,1H3;1H/q+1;;/p-1. The van der Waals surface area contributed by atoms with E-state index < -0.39 is 0 Å². The van der Waals surface area contributed by atoms with Crippen LogP contribution >= 0.6 is 15.9 Å². The van der Waals surface area contributed by atoms with Crippen LogP contribution < -0.4 is 21.5 Å². The first-order chi connectivity index (χ1) is 19.3. The predicted molar refractivity (Wildman–Crippen MR) is 181 cm³/mol. The second-order valence-electron chi connectivity index (χ2n) is 12.0. The van der Waals surface area contributed by atoms with E-state index in [-0.39, 0.29) is 17.0 Å². The third-order valence-electron chi connectivity index (χ3n) is 8.03. The van der Waals surface area contributed by atoms with E-state index in [1.807, 2.05) is 0 Å². The van der Waals surface area contributed by atoms with E-state index in [4.69, 9.17) is 0 Å². The third kappa shape index (κ3) is 36.1. The molecule has 0 atom stereocenters. The fraction of sp³-hybridized carbons (Fsp3) is 0.865. The molecule has 0 saturated heterocycles. The van der Waals surface area contributed by atoms with Crippen molar-refractivity contribution in [3.05, 3.63) is 30.6 Å². The average molecular weight is 690 g/mol. The number of nitrogens with zero attached hydrogens (tertiary/aromatic N) is 1. The number of aromatic nitrogens is 1. The van der Waals surface area contributed by atoms with Crippen LogP contribution in [0.5, 0.6) is 0 Å². The highest BCUT2D eigenvalue weighted by Crippen LogP contribution is 2.14. The Hall–Kier alpha value is 0.110. The summed E-state index contributed by atoms with van der Waals surface area (Å²) in [6.45, 7) is 5.76. The molecule has 1 aromatic heterocycles. The molecule has 0 aromatic carbocycles. The molecule has 1 aromatic rings. The van der Waals surface area contributed by atoms with Crippen LogP contribution in [0, 0.1) is 0 Å². The molecule has 0 aliphatic carbocycles. The number of unbranched alkanes of at least 4 members (excludes halogenated alkanes) is 26. The number of aryl methyl sites for hydroxylation is 1. The summed E-state index contributed by atoms with van der Waals surface area (Å²) in [4.78, 5) is 0. The fourth-order valence-electron chi connectivity index (χ4n) is 5.36. The van der Waals surface area contributed by atoms with Gasteiger partial charge in [-0.15, -0.1) is 0 Å². The highest BCUT2D eigenvalue weighted by molar-refractivity contribution is 9.09. The van der Waals surface area contributed by atoms with Crippen molar-refractivity contribution in [3.8, 4) is 0 Å². The number of alkyl halides is 1. The second kappa shape index (κ2) is 39.1. The van der Waals surface area contributed by atoms with Crippen molar-refractivity contribution < 1.29 is 21.5 Å². The van der Waals surface area contributed by atoms with Crippen molar-refractivity contribution in [2.75, 3.05) is 5.33 Å². The monoisotopic (exact) mass is 687 g/mol. The largest absolute Gasteiger partial charge is 1.00 e. The van der Waals surface area contributed by atoms with Crippen LogP contribution in [0.15, 0.2) is 30.6 Å². The van der Waals surface area contributed by atoms with E-state index in [0.29, 0.717) is 0 Å². The number of halogens is 2. The van der Waals surface area contributed by atoms with Crippen LogP contribution in [-0.2, 0) is 6.54 Å². The van der Waals surface area contributed by atoms with Crippen LogP contribution in [0.4, 0.5) is 0 Å². The van der Waals surface area contributed by atoms with Crippen molar-refractivity contribution in [2.24, 2.45) is 0 Å². The molecule has 0 aliphatic rings. The second-order valence-corrected chi connectivity index (χ2v) is 12.8. The van der Waals surface area contributed by atoms with Gasteiger partial charge < -0.3 is 17.0 Å². The Bertz CT molecular complexity index is 522. The Morgan fingerprint density at radius 3 is 0.950 bits per heavy atom. The zero-order chi connectivity index (χ0) is 28.3. The molecule has 238 valence electrons. The van der Waals surface area contributed by atoms with Gasteiger partial charge in [-0.25, -0.2) is 4.57 Å². The van der Waals surface area contributed by atoms with Crippen molar-refractivity contribution in [3.63, 3.8) is 0 Å². The van der Waals surface area contributed by atoms with Crippen LogP contribution in [0.3, 0.4) is 0 Å². The minimum Gasteiger partial charge on any atom is -1.00 e. The maximum Gasteiger partial charge on any atom is 0.168 e. The lowest BCUT2D eigenvalue weighted by atomic mass is 10.0. The highest BCUT2D eigenvalue weighted by atomic mass is 79.9. The third-order valence-corrected chi connectivity index (χ3v) is 8.60. The van der Waals surface area contributed by atoms with Crippen molar-refractivity contribution >= 4 is 15.9 Å². The number of hydrogen-bond donors (Lipinski definition) is 0. The van der Waals surface area contributed by atoms with E-state index in [1.54, 1.807) is 0 Å². The lowest BCUT2D eigenvalue weighted by molar-refractivity contribution is -0.697. The molecule has 0 aliphatic heterocycles. The van der Waals surface area contributed by atoms with Gasteiger partial charge in [0.15, 0.2) is 12.4 Å². The summed E-state index contributed by atoms with van der Waals surface area (Å²) in [7, 11) is 0. The molecule has 1 nitrogen and oxygen atoms in total. The highest BCUT2D eigenvalue weighted by Gasteiger charge is 1.98. The van der Waals surface area contributed by atoms with Crippen LogP contribution in [-0.4, -0.2) is 5.33 Å². The number of hydrogen-bond acceptors (Lipinski definition) is 0. The summed E-state index contributed by atoms with van der Waals surface area (Å²) in [5.74, 6) is 0. The van der Waals surface area contributed by atoms with E-state index in [1.165, 1.54) is 192 Å². The normalized spacial score (nSPS) is 10.7. The Morgan fingerprint density at radius 1 is 0.375 bits per heavy atom. The summed E-state index contributed by atoms with van der Waals surface area (Å²) in [6, 6.07) is 6.31. The molecule has 40 heavy (non-hydrogen) atoms. The number of pyridine rings is 1. The fourth-order valence-corrected chi connectivity index (χ4v) is 5.76. The van der Waals surface area contributed by atoms with E-state index in [0.717, 1.165) is 0 Å². The molecule has 0 saturated carbocycles. The Labute approximate surface area is 272 Å². The lowest BCUT2D eigenvalue weighted by Crippen LogP contribution is -3.00. The zero-order valence-corrected chi connectivity index (χ0v) is 30.5. The summed E-state index contributed by atoms with van der Waals surface area (Å²) >= 11 is 3.48. The number of rotatable bonds is 29. The van der Waals surface area contributed by atoms with Crippen molar-refractivity contribution in [1.82, 2.24) is 0 Å². The Kier molecular flexibility index (Phi) is 41.3. The predicted octanol–water partition coefficient (Wildman–Crippen LogP) is 10.3. The average Bonchev–Trinajstić information content (AvgIpc) is 2.96. The summed E-state index contributed by atoms with van der Waals surface area (Å²) in [5, 5.41) is 1.19. The summed E-state index contributed by atoms with van der Waals surface area (Å²) in [5.41, 5.74) is 0. The Balaban J connectivity index is 0. The van der Waals surface area contributed by atoms with Gasteiger partial charge in [0.05, 0.1) is 0 Å². The molecule has 0 N–H and O–H groups in total. The van der Waals surface area contributed by atoms with Crippen LogP contribution in [0.25, 0.3) is 0 Å². The lowest BCUT2D eigenvalue weighted by Gasteiger charge is -2.02. The van der Waals surface area contributed by atoms with Gasteiger partial charge in [-0.3, -0.25) is 0 Å². The minimum absolute atomic E-state index is 0. The first-order valence-corrected chi connectivity index (χ1v) is 19.0. The van der Waals surface area contributed by atoms with E-state index in [9.17, 15) is 0 Å². The molecule has 0 bridgehead atoms. The van der Waals surface area contributed by atoms with Gasteiger partial charge in [0.25, 0.3) is 0 Å².